The van der Waals surface area contributed by atoms with E-state index in [1.54, 1.807) is 18.2 Å². The highest BCUT2D eigenvalue weighted by Gasteiger charge is 2.20. The number of aliphatic hydroxyl groups excluding tert-OH is 2. The van der Waals surface area contributed by atoms with Gasteiger partial charge < -0.3 is 15.5 Å². The van der Waals surface area contributed by atoms with E-state index in [4.69, 9.17) is 5.11 Å². The smallest absolute Gasteiger partial charge is 0.305 e. The lowest BCUT2D eigenvalue weighted by atomic mass is 10.2. The quantitative estimate of drug-likeness (QED) is 0.383. The molecule has 19 heavy (non-hydrogen) atoms. The zero-order valence-electron chi connectivity index (χ0n) is 10.7. The number of rotatable bonds is 8. The Morgan fingerprint density at radius 1 is 1.53 bits per heavy atom. The molecule has 0 radical (unpaired) electrons. The van der Waals surface area contributed by atoms with Crippen molar-refractivity contribution >= 4 is 23.1 Å². The van der Waals surface area contributed by atoms with Gasteiger partial charge in [-0.2, -0.15) is 0 Å². The van der Waals surface area contributed by atoms with Crippen LogP contribution in [0.15, 0.2) is 23.1 Å². The lowest BCUT2D eigenvalue weighted by molar-refractivity contribution is -0.386. The number of nitro groups is 1. The largest absolute Gasteiger partial charge is 0.394 e. The number of aliphatic hydroxyl groups is 2. The molecular weight excluding hydrogens is 268 g/mol. The van der Waals surface area contributed by atoms with Crippen molar-refractivity contribution < 1.29 is 15.1 Å². The van der Waals surface area contributed by atoms with Gasteiger partial charge in [-0.05, 0) is 18.6 Å². The fourth-order valence-electron chi connectivity index (χ4n) is 1.47. The van der Waals surface area contributed by atoms with E-state index in [1.165, 1.54) is 0 Å². The zero-order chi connectivity index (χ0) is 14.3. The first-order valence-electron chi connectivity index (χ1n) is 6.03. The summed E-state index contributed by atoms with van der Waals surface area (Å²) in [6.45, 7) is 2.29. The molecule has 1 aromatic rings. The van der Waals surface area contributed by atoms with Crippen LogP contribution < -0.4 is 5.32 Å². The molecule has 0 aliphatic heterocycles. The first-order valence-corrected chi connectivity index (χ1v) is 7.01. The van der Waals surface area contributed by atoms with Gasteiger partial charge in [-0.15, -0.1) is 11.8 Å². The minimum Gasteiger partial charge on any atom is -0.394 e. The van der Waals surface area contributed by atoms with Crippen LogP contribution in [-0.2, 0) is 0 Å². The third kappa shape index (κ3) is 4.70. The van der Waals surface area contributed by atoms with Gasteiger partial charge in [0.2, 0.25) is 0 Å². The first kappa shape index (κ1) is 15.7. The predicted octanol–water partition coefficient (Wildman–Crippen LogP) is 1.86. The van der Waals surface area contributed by atoms with Crippen molar-refractivity contribution in [3.05, 3.63) is 28.3 Å². The summed E-state index contributed by atoms with van der Waals surface area (Å²) in [6, 6.07) is 5.04. The Kier molecular flexibility index (Phi) is 6.61. The van der Waals surface area contributed by atoms with Crippen LogP contribution in [0, 0.1) is 10.1 Å². The standard InChI is InChI=1S/C12H18N2O4S/c1-2-6-13-10-4-3-5-11(12(10)14(17)18)19-8-9(16)7-15/h3-5,9,13,15-16H,2,6-8H2,1H3. The Hall–Kier alpha value is -1.31. The number of nitrogens with zero attached hydrogens (tertiary/aromatic N) is 1. The van der Waals surface area contributed by atoms with E-state index >= 15 is 0 Å². The van der Waals surface area contributed by atoms with Crippen LogP contribution in [0.1, 0.15) is 13.3 Å². The lowest BCUT2D eigenvalue weighted by Gasteiger charge is -2.10. The Bertz CT molecular complexity index is 428. The minimum absolute atomic E-state index is 0.0195. The van der Waals surface area contributed by atoms with Crippen LogP contribution in [0.25, 0.3) is 0 Å². The molecule has 0 aliphatic carbocycles. The van der Waals surface area contributed by atoms with Gasteiger partial charge in [-0.25, -0.2) is 0 Å². The number of thioether (sulfide) groups is 1. The maximum atomic E-state index is 11.2. The number of anilines is 1. The second-order valence-corrected chi connectivity index (χ2v) is 5.05. The van der Waals surface area contributed by atoms with Crippen LogP contribution in [0.3, 0.4) is 0 Å². The Morgan fingerprint density at radius 3 is 2.84 bits per heavy atom. The minimum atomic E-state index is -0.878. The molecule has 7 heteroatoms. The topological polar surface area (TPSA) is 95.6 Å². The summed E-state index contributed by atoms with van der Waals surface area (Å²) in [5, 5.41) is 32.2. The molecule has 0 saturated heterocycles. The number of nitro benzene ring substituents is 1. The van der Waals surface area contributed by atoms with Crippen LogP contribution in [0.5, 0.6) is 0 Å². The summed E-state index contributed by atoms with van der Waals surface area (Å²) in [7, 11) is 0. The van der Waals surface area contributed by atoms with Crippen LogP contribution >= 0.6 is 11.8 Å². The highest BCUT2D eigenvalue weighted by molar-refractivity contribution is 7.99. The molecule has 0 saturated carbocycles. The van der Waals surface area contributed by atoms with Gasteiger partial charge in [0, 0.05) is 12.3 Å². The molecule has 1 aromatic carbocycles. The Balaban J connectivity index is 2.92. The van der Waals surface area contributed by atoms with Crippen molar-refractivity contribution in [2.24, 2.45) is 0 Å². The summed E-state index contributed by atoms with van der Waals surface area (Å²) in [6.07, 6.45) is -0.00514. The number of para-hydroxylation sites is 1. The van der Waals surface area contributed by atoms with Gasteiger partial charge in [0.25, 0.3) is 0 Å². The van der Waals surface area contributed by atoms with Crippen molar-refractivity contribution in [2.75, 3.05) is 24.2 Å². The molecule has 0 aliphatic rings. The number of benzene rings is 1. The van der Waals surface area contributed by atoms with Crippen LogP contribution in [-0.4, -0.2) is 40.1 Å². The first-order chi connectivity index (χ1) is 9.10. The van der Waals surface area contributed by atoms with E-state index in [0.29, 0.717) is 17.1 Å². The van der Waals surface area contributed by atoms with E-state index in [0.717, 1.165) is 18.2 Å². The summed E-state index contributed by atoms with van der Waals surface area (Å²) in [5.74, 6) is 0.217. The molecule has 1 rings (SSSR count). The molecular formula is C12H18N2O4S. The van der Waals surface area contributed by atoms with Gasteiger partial charge in [-0.1, -0.05) is 13.0 Å². The SMILES string of the molecule is CCCNc1cccc(SCC(O)CO)c1[N+](=O)[O-]. The number of hydrogen-bond donors (Lipinski definition) is 3. The van der Waals surface area contributed by atoms with Gasteiger partial charge in [0.05, 0.1) is 22.5 Å². The summed E-state index contributed by atoms with van der Waals surface area (Å²) in [5.41, 5.74) is 0.501. The zero-order valence-corrected chi connectivity index (χ0v) is 11.5. The predicted molar refractivity (Wildman–Crippen MR) is 75.7 cm³/mol. The van der Waals surface area contributed by atoms with E-state index < -0.39 is 11.0 Å². The highest BCUT2D eigenvalue weighted by atomic mass is 32.2. The average Bonchev–Trinajstić information content (AvgIpc) is 2.41. The van der Waals surface area contributed by atoms with E-state index in [1.807, 2.05) is 6.92 Å². The molecule has 0 bridgehead atoms. The number of nitrogens with one attached hydrogen (secondary N) is 1. The molecule has 106 valence electrons. The Labute approximate surface area is 116 Å². The van der Waals surface area contributed by atoms with Crippen LogP contribution in [0.4, 0.5) is 11.4 Å². The second-order valence-electron chi connectivity index (χ2n) is 3.98. The third-order valence-electron chi connectivity index (χ3n) is 2.39. The van der Waals surface area contributed by atoms with E-state index in [9.17, 15) is 15.2 Å². The van der Waals surface area contributed by atoms with E-state index in [2.05, 4.69) is 5.32 Å². The van der Waals surface area contributed by atoms with Crippen molar-refractivity contribution in [2.45, 2.75) is 24.3 Å². The summed E-state index contributed by atoms with van der Waals surface area (Å²) in [4.78, 5) is 11.2. The molecule has 0 spiro atoms. The normalized spacial score (nSPS) is 12.2. The molecule has 0 aromatic heterocycles. The molecule has 1 unspecified atom stereocenters. The molecule has 0 heterocycles. The molecule has 1 atom stereocenters. The van der Waals surface area contributed by atoms with Crippen molar-refractivity contribution in [1.82, 2.24) is 0 Å². The maximum absolute atomic E-state index is 11.2. The lowest BCUT2D eigenvalue weighted by Crippen LogP contribution is -2.14. The number of hydrogen-bond acceptors (Lipinski definition) is 6. The molecule has 6 nitrogen and oxygen atoms in total. The maximum Gasteiger partial charge on any atom is 0.305 e. The molecule has 0 fully saturated rings. The summed E-state index contributed by atoms with van der Waals surface area (Å²) < 4.78 is 0. The monoisotopic (exact) mass is 286 g/mol. The fourth-order valence-corrected chi connectivity index (χ4v) is 2.44. The van der Waals surface area contributed by atoms with Gasteiger partial charge in [0.1, 0.15) is 5.69 Å². The van der Waals surface area contributed by atoms with Crippen molar-refractivity contribution in [3.63, 3.8) is 0 Å². The Morgan fingerprint density at radius 2 is 2.26 bits per heavy atom. The average molecular weight is 286 g/mol. The second kappa shape index (κ2) is 7.98. The highest BCUT2D eigenvalue weighted by Crippen LogP contribution is 2.35. The summed E-state index contributed by atoms with van der Waals surface area (Å²) >= 11 is 1.16. The fraction of sp³-hybridized carbons (Fsp3) is 0.500. The van der Waals surface area contributed by atoms with Crippen molar-refractivity contribution in [1.29, 1.82) is 0 Å². The van der Waals surface area contributed by atoms with Gasteiger partial charge in [-0.3, -0.25) is 10.1 Å². The van der Waals surface area contributed by atoms with Crippen LogP contribution in [0.2, 0.25) is 0 Å². The van der Waals surface area contributed by atoms with Gasteiger partial charge in [0.15, 0.2) is 0 Å². The van der Waals surface area contributed by atoms with Gasteiger partial charge >= 0.3 is 5.69 Å². The van der Waals surface area contributed by atoms with E-state index in [-0.39, 0.29) is 18.0 Å². The molecule has 3 N–H and O–H groups in total. The molecule has 0 amide bonds. The third-order valence-corrected chi connectivity index (χ3v) is 3.58. The van der Waals surface area contributed by atoms with Crippen molar-refractivity contribution in [3.8, 4) is 0 Å².